The SMILES string of the molecule is CCNCCNC(=O)CCc1nc(-c2ccccn2)no1. The first-order valence-electron chi connectivity index (χ1n) is 7.01. The summed E-state index contributed by atoms with van der Waals surface area (Å²) in [4.78, 5) is 20.0. The minimum Gasteiger partial charge on any atom is -0.355 e. The first-order chi connectivity index (χ1) is 10.3. The number of nitrogens with one attached hydrogen (secondary N) is 2. The zero-order valence-electron chi connectivity index (χ0n) is 12.0. The molecule has 2 aromatic rings. The number of carbonyl (C=O) groups excluding carboxylic acids is 1. The number of likely N-dealkylation sites (N-methyl/N-ethyl adjacent to an activating group) is 1. The molecule has 0 bridgehead atoms. The Morgan fingerprint density at radius 3 is 3.00 bits per heavy atom. The summed E-state index contributed by atoms with van der Waals surface area (Å²) < 4.78 is 5.12. The minimum atomic E-state index is -0.0227. The van der Waals surface area contributed by atoms with E-state index < -0.39 is 0 Å². The number of pyridine rings is 1. The topological polar surface area (TPSA) is 92.9 Å². The molecule has 112 valence electrons. The van der Waals surface area contributed by atoms with E-state index in [2.05, 4.69) is 25.8 Å². The number of carbonyl (C=O) groups is 1. The summed E-state index contributed by atoms with van der Waals surface area (Å²) in [7, 11) is 0. The monoisotopic (exact) mass is 289 g/mol. The van der Waals surface area contributed by atoms with Crippen LogP contribution >= 0.6 is 0 Å². The Hall–Kier alpha value is -2.28. The molecule has 0 saturated carbocycles. The Morgan fingerprint density at radius 2 is 2.24 bits per heavy atom. The lowest BCUT2D eigenvalue weighted by Crippen LogP contribution is -2.31. The lowest BCUT2D eigenvalue weighted by Gasteiger charge is -2.03. The maximum atomic E-state index is 11.6. The van der Waals surface area contributed by atoms with Gasteiger partial charge in [0.25, 0.3) is 0 Å². The van der Waals surface area contributed by atoms with Gasteiger partial charge in [-0.15, -0.1) is 0 Å². The zero-order chi connectivity index (χ0) is 14.9. The molecule has 2 rings (SSSR count). The van der Waals surface area contributed by atoms with Crippen LogP contribution in [0.1, 0.15) is 19.2 Å². The van der Waals surface area contributed by atoms with Crippen LogP contribution in [0.25, 0.3) is 11.5 Å². The highest BCUT2D eigenvalue weighted by Gasteiger charge is 2.10. The van der Waals surface area contributed by atoms with Crippen molar-refractivity contribution in [3.8, 4) is 11.5 Å². The number of rotatable bonds is 8. The quantitative estimate of drug-likeness (QED) is 0.698. The van der Waals surface area contributed by atoms with E-state index in [1.54, 1.807) is 6.20 Å². The molecular weight excluding hydrogens is 270 g/mol. The molecule has 0 saturated heterocycles. The molecule has 7 nitrogen and oxygen atoms in total. The fourth-order valence-corrected chi connectivity index (χ4v) is 1.73. The maximum absolute atomic E-state index is 11.6. The van der Waals surface area contributed by atoms with Crippen LogP contribution in [0.15, 0.2) is 28.9 Å². The molecule has 0 radical (unpaired) electrons. The van der Waals surface area contributed by atoms with Crippen LogP contribution in [0.2, 0.25) is 0 Å². The van der Waals surface area contributed by atoms with Crippen molar-refractivity contribution >= 4 is 5.91 Å². The molecule has 0 spiro atoms. The van der Waals surface area contributed by atoms with Crippen LogP contribution in [-0.4, -0.2) is 40.7 Å². The number of hydrogen-bond acceptors (Lipinski definition) is 6. The first-order valence-corrected chi connectivity index (χ1v) is 7.01. The van der Waals surface area contributed by atoms with E-state index in [1.165, 1.54) is 0 Å². The third kappa shape index (κ3) is 4.96. The molecule has 0 atom stereocenters. The van der Waals surface area contributed by atoms with Crippen molar-refractivity contribution in [3.63, 3.8) is 0 Å². The molecule has 0 fully saturated rings. The van der Waals surface area contributed by atoms with Gasteiger partial charge in [-0.2, -0.15) is 4.98 Å². The highest BCUT2D eigenvalue weighted by atomic mass is 16.5. The predicted molar refractivity (Wildman–Crippen MR) is 77.4 cm³/mol. The molecule has 7 heteroatoms. The van der Waals surface area contributed by atoms with E-state index in [4.69, 9.17) is 4.52 Å². The highest BCUT2D eigenvalue weighted by molar-refractivity contribution is 5.76. The van der Waals surface area contributed by atoms with Crippen molar-refractivity contribution in [2.45, 2.75) is 19.8 Å². The summed E-state index contributed by atoms with van der Waals surface area (Å²) in [5.74, 6) is 0.862. The number of nitrogens with zero attached hydrogens (tertiary/aromatic N) is 3. The lowest BCUT2D eigenvalue weighted by molar-refractivity contribution is -0.121. The second-order valence-corrected chi connectivity index (χ2v) is 4.43. The van der Waals surface area contributed by atoms with Crippen molar-refractivity contribution in [1.82, 2.24) is 25.8 Å². The van der Waals surface area contributed by atoms with Crippen LogP contribution in [0.5, 0.6) is 0 Å². The molecular formula is C14H19N5O2. The zero-order valence-corrected chi connectivity index (χ0v) is 12.0. The Bertz CT molecular complexity index is 556. The molecule has 0 aliphatic carbocycles. The lowest BCUT2D eigenvalue weighted by atomic mass is 10.3. The summed E-state index contributed by atoms with van der Waals surface area (Å²) in [5, 5.41) is 9.82. The summed E-state index contributed by atoms with van der Waals surface area (Å²) in [6.07, 6.45) is 2.42. The maximum Gasteiger partial charge on any atom is 0.227 e. The van der Waals surface area contributed by atoms with Crippen molar-refractivity contribution in [3.05, 3.63) is 30.3 Å². The van der Waals surface area contributed by atoms with Gasteiger partial charge >= 0.3 is 0 Å². The third-order valence-electron chi connectivity index (χ3n) is 2.80. The number of aryl methyl sites for hydroxylation is 1. The van der Waals surface area contributed by atoms with Gasteiger partial charge in [0.1, 0.15) is 5.69 Å². The van der Waals surface area contributed by atoms with Gasteiger partial charge in [-0.05, 0) is 18.7 Å². The van der Waals surface area contributed by atoms with Gasteiger partial charge in [-0.3, -0.25) is 9.78 Å². The van der Waals surface area contributed by atoms with Crippen molar-refractivity contribution < 1.29 is 9.32 Å². The number of aromatic nitrogens is 3. The fourth-order valence-electron chi connectivity index (χ4n) is 1.73. The van der Waals surface area contributed by atoms with Gasteiger partial charge in [0.05, 0.1) is 0 Å². The van der Waals surface area contributed by atoms with Gasteiger partial charge < -0.3 is 15.2 Å². The number of hydrogen-bond donors (Lipinski definition) is 2. The molecule has 1 amide bonds. The molecule has 2 aromatic heterocycles. The third-order valence-corrected chi connectivity index (χ3v) is 2.80. The Morgan fingerprint density at radius 1 is 1.33 bits per heavy atom. The molecule has 21 heavy (non-hydrogen) atoms. The van der Waals surface area contributed by atoms with Crippen molar-refractivity contribution in [2.24, 2.45) is 0 Å². The minimum absolute atomic E-state index is 0.0227. The van der Waals surface area contributed by atoms with Crippen LogP contribution in [0, 0.1) is 0 Å². The van der Waals surface area contributed by atoms with Crippen LogP contribution in [0.3, 0.4) is 0 Å². The average molecular weight is 289 g/mol. The van der Waals surface area contributed by atoms with E-state index in [0.29, 0.717) is 36.8 Å². The molecule has 0 aliphatic rings. The van der Waals surface area contributed by atoms with E-state index in [-0.39, 0.29) is 5.91 Å². The van der Waals surface area contributed by atoms with Gasteiger partial charge in [0.15, 0.2) is 0 Å². The summed E-state index contributed by atoms with van der Waals surface area (Å²) in [6.45, 7) is 4.31. The van der Waals surface area contributed by atoms with Crippen molar-refractivity contribution in [1.29, 1.82) is 0 Å². The van der Waals surface area contributed by atoms with Crippen LogP contribution < -0.4 is 10.6 Å². The van der Waals surface area contributed by atoms with Crippen LogP contribution in [0.4, 0.5) is 0 Å². The Kier molecular flexibility index (Phi) is 5.83. The normalized spacial score (nSPS) is 10.5. The van der Waals surface area contributed by atoms with Gasteiger partial charge in [0, 0.05) is 32.1 Å². The number of amides is 1. The summed E-state index contributed by atoms with van der Waals surface area (Å²) >= 11 is 0. The summed E-state index contributed by atoms with van der Waals surface area (Å²) in [6, 6.07) is 5.49. The summed E-state index contributed by atoms with van der Waals surface area (Å²) in [5.41, 5.74) is 0.655. The predicted octanol–water partition coefficient (Wildman–Crippen LogP) is 0.790. The van der Waals surface area contributed by atoms with Crippen molar-refractivity contribution in [2.75, 3.05) is 19.6 Å². The standard InChI is InChI=1S/C14H19N5O2/c1-2-15-9-10-17-12(20)6-7-13-18-14(19-21-13)11-5-3-4-8-16-11/h3-5,8,15H,2,6-7,9-10H2,1H3,(H,17,20). The van der Waals surface area contributed by atoms with E-state index in [1.807, 2.05) is 25.1 Å². The van der Waals surface area contributed by atoms with Gasteiger partial charge in [0.2, 0.25) is 17.6 Å². The molecule has 2 heterocycles. The fraction of sp³-hybridized carbons (Fsp3) is 0.429. The van der Waals surface area contributed by atoms with Gasteiger partial charge in [-0.25, -0.2) is 0 Å². The first kappa shape index (κ1) is 15.1. The Balaban J connectivity index is 1.77. The van der Waals surface area contributed by atoms with E-state index >= 15 is 0 Å². The molecule has 0 aromatic carbocycles. The van der Waals surface area contributed by atoms with E-state index in [9.17, 15) is 4.79 Å². The molecule has 2 N–H and O–H groups in total. The molecule has 0 aliphatic heterocycles. The Labute approximate surface area is 123 Å². The second-order valence-electron chi connectivity index (χ2n) is 4.43. The second kappa shape index (κ2) is 8.11. The van der Waals surface area contributed by atoms with Crippen LogP contribution in [-0.2, 0) is 11.2 Å². The smallest absolute Gasteiger partial charge is 0.227 e. The average Bonchev–Trinajstić information content (AvgIpc) is 2.99. The largest absolute Gasteiger partial charge is 0.355 e. The van der Waals surface area contributed by atoms with E-state index in [0.717, 1.165) is 13.1 Å². The molecule has 0 unspecified atom stereocenters. The highest BCUT2D eigenvalue weighted by Crippen LogP contribution is 2.12. The van der Waals surface area contributed by atoms with Gasteiger partial charge in [-0.1, -0.05) is 18.1 Å².